The van der Waals surface area contributed by atoms with Crippen LogP contribution in [0, 0.1) is 17.8 Å². The van der Waals surface area contributed by atoms with Crippen LogP contribution in [-0.4, -0.2) is 41.6 Å². The molecule has 0 aromatic rings. The Hall–Kier alpha value is -1.26. The van der Waals surface area contributed by atoms with Crippen LogP contribution in [0.3, 0.4) is 0 Å². The molecule has 18 heavy (non-hydrogen) atoms. The summed E-state index contributed by atoms with van der Waals surface area (Å²) >= 11 is 0. The molecular weight excluding hydrogens is 232 g/mol. The lowest BCUT2D eigenvalue weighted by molar-refractivity contribution is -0.138. The molecule has 102 valence electrons. The van der Waals surface area contributed by atoms with E-state index in [1.165, 1.54) is 6.42 Å². The van der Waals surface area contributed by atoms with Gasteiger partial charge in [0.15, 0.2) is 0 Å². The van der Waals surface area contributed by atoms with E-state index in [0.717, 1.165) is 31.8 Å². The number of hydrogen-bond donors (Lipinski definition) is 2. The van der Waals surface area contributed by atoms with Gasteiger partial charge in [0.25, 0.3) is 0 Å². The molecular formula is C13H22N2O3. The fourth-order valence-corrected chi connectivity index (χ4v) is 2.68. The zero-order valence-corrected chi connectivity index (χ0v) is 10.9. The van der Waals surface area contributed by atoms with Crippen LogP contribution < -0.4 is 5.32 Å². The number of carboxylic acids is 1. The van der Waals surface area contributed by atoms with E-state index in [-0.39, 0.29) is 18.4 Å². The van der Waals surface area contributed by atoms with E-state index in [9.17, 15) is 9.59 Å². The van der Waals surface area contributed by atoms with Crippen molar-refractivity contribution in [3.8, 4) is 0 Å². The van der Waals surface area contributed by atoms with E-state index in [4.69, 9.17) is 5.11 Å². The highest BCUT2D eigenvalue weighted by molar-refractivity contribution is 5.74. The van der Waals surface area contributed by atoms with Crippen molar-refractivity contribution in [1.29, 1.82) is 0 Å². The topological polar surface area (TPSA) is 69.6 Å². The Morgan fingerprint density at radius 3 is 2.78 bits per heavy atom. The number of aliphatic carboxylic acids is 1. The SMILES string of the molecule is CC1CC1CNC(=O)N1CCCC(CC(=O)O)C1. The maximum atomic E-state index is 11.9. The summed E-state index contributed by atoms with van der Waals surface area (Å²) in [7, 11) is 0. The van der Waals surface area contributed by atoms with Crippen molar-refractivity contribution >= 4 is 12.0 Å². The summed E-state index contributed by atoms with van der Waals surface area (Å²) in [5.74, 6) is 0.732. The van der Waals surface area contributed by atoms with Gasteiger partial charge >= 0.3 is 12.0 Å². The van der Waals surface area contributed by atoms with E-state index in [2.05, 4.69) is 12.2 Å². The summed E-state index contributed by atoms with van der Waals surface area (Å²) in [5.41, 5.74) is 0. The number of hydrogen-bond acceptors (Lipinski definition) is 2. The highest BCUT2D eigenvalue weighted by Crippen LogP contribution is 2.36. The first-order valence-corrected chi connectivity index (χ1v) is 6.81. The van der Waals surface area contributed by atoms with Gasteiger partial charge in [-0.3, -0.25) is 4.79 Å². The third kappa shape index (κ3) is 3.62. The van der Waals surface area contributed by atoms with Crippen LogP contribution in [0.15, 0.2) is 0 Å². The predicted molar refractivity (Wildman–Crippen MR) is 67.2 cm³/mol. The van der Waals surface area contributed by atoms with E-state index in [1.54, 1.807) is 4.90 Å². The lowest BCUT2D eigenvalue weighted by Gasteiger charge is -2.32. The van der Waals surface area contributed by atoms with Crippen molar-refractivity contribution in [3.63, 3.8) is 0 Å². The summed E-state index contributed by atoms with van der Waals surface area (Å²) in [4.78, 5) is 24.4. The van der Waals surface area contributed by atoms with Crippen molar-refractivity contribution in [2.45, 2.75) is 32.6 Å². The lowest BCUT2D eigenvalue weighted by atomic mass is 9.95. The molecule has 2 rings (SSSR count). The molecule has 3 atom stereocenters. The largest absolute Gasteiger partial charge is 0.481 e. The highest BCUT2D eigenvalue weighted by Gasteiger charge is 2.33. The van der Waals surface area contributed by atoms with Gasteiger partial charge in [-0.15, -0.1) is 0 Å². The smallest absolute Gasteiger partial charge is 0.317 e. The molecule has 5 heteroatoms. The Kier molecular flexibility index (Phi) is 4.09. The molecule has 3 unspecified atom stereocenters. The van der Waals surface area contributed by atoms with Gasteiger partial charge in [-0.2, -0.15) is 0 Å². The molecule has 0 bridgehead atoms. The van der Waals surface area contributed by atoms with Gasteiger partial charge in [-0.05, 0) is 37.0 Å². The Morgan fingerprint density at radius 1 is 1.44 bits per heavy atom. The first kappa shape index (κ1) is 13.2. The number of carbonyl (C=O) groups excluding carboxylic acids is 1. The van der Waals surface area contributed by atoms with Crippen molar-refractivity contribution in [1.82, 2.24) is 10.2 Å². The Balaban J connectivity index is 1.73. The van der Waals surface area contributed by atoms with Gasteiger partial charge < -0.3 is 15.3 Å². The summed E-state index contributed by atoms with van der Waals surface area (Å²) in [5, 5.41) is 11.7. The van der Waals surface area contributed by atoms with Crippen LogP contribution in [0.25, 0.3) is 0 Å². The number of nitrogens with zero attached hydrogens (tertiary/aromatic N) is 1. The molecule has 1 aliphatic heterocycles. The maximum absolute atomic E-state index is 11.9. The molecule has 2 fully saturated rings. The number of amides is 2. The monoisotopic (exact) mass is 254 g/mol. The van der Waals surface area contributed by atoms with Crippen LogP contribution in [-0.2, 0) is 4.79 Å². The molecule has 2 aliphatic rings. The third-order valence-corrected chi connectivity index (χ3v) is 4.06. The Morgan fingerprint density at radius 2 is 2.17 bits per heavy atom. The number of carbonyl (C=O) groups is 2. The second kappa shape index (κ2) is 5.59. The average Bonchev–Trinajstić information content (AvgIpc) is 3.02. The van der Waals surface area contributed by atoms with Crippen LogP contribution in [0.4, 0.5) is 4.79 Å². The number of rotatable bonds is 4. The van der Waals surface area contributed by atoms with Crippen molar-refractivity contribution in [2.24, 2.45) is 17.8 Å². The lowest BCUT2D eigenvalue weighted by Crippen LogP contribution is -2.46. The molecule has 1 saturated heterocycles. The fraction of sp³-hybridized carbons (Fsp3) is 0.846. The van der Waals surface area contributed by atoms with Crippen LogP contribution >= 0.6 is 0 Å². The summed E-state index contributed by atoms with van der Waals surface area (Å²) in [6.07, 6.45) is 3.20. The molecule has 1 aliphatic carbocycles. The first-order chi connectivity index (χ1) is 8.56. The van der Waals surface area contributed by atoms with Gasteiger partial charge in [0.05, 0.1) is 0 Å². The minimum absolute atomic E-state index is 0.0239. The van der Waals surface area contributed by atoms with Crippen LogP contribution in [0.5, 0.6) is 0 Å². The van der Waals surface area contributed by atoms with Crippen LogP contribution in [0.1, 0.15) is 32.6 Å². The number of urea groups is 1. The number of likely N-dealkylation sites (tertiary alicyclic amines) is 1. The van der Waals surface area contributed by atoms with Crippen molar-refractivity contribution < 1.29 is 14.7 Å². The fourth-order valence-electron chi connectivity index (χ4n) is 2.68. The number of piperidine rings is 1. The minimum atomic E-state index is -0.769. The summed E-state index contributed by atoms with van der Waals surface area (Å²) in [6, 6.07) is -0.0239. The van der Waals surface area contributed by atoms with E-state index < -0.39 is 5.97 Å². The zero-order chi connectivity index (χ0) is 13.1. The molecule has 5 nitrogen and oxygen atoms in total. The predicted octanol–water partition coefficient (Wildman–Crippen LogP) is 1.54. The number of carboxylic acid groups (broad SMARTS) is 1. The van der Waals surface area contributed by atoms with Gasteiger partial charge in [0, 0.05) is 26.1 Å². The van der Waals surface area contributed by atoms with Gasteiger partial charge in [0.2, 0.25) is 0 Å². The first-order valence-electron chi connectivity index (χ1n) is 6.81. The quantitative estimate of drug-likeness (QED) is 0.799. The summed E-state index contributed by atoms with van der Waals surface area (Å²) < 4.78 is 0. The minimum Gasteiger partial charge on any atom is -0.481 e. The average molecular weight is 254 g/mol. The molecule has 0 aromatic heterocycles. The van der Waals surface area contributed by atoms with Crippen LogP contribution in [0.2, 0.25) is 0 Å². The van der Waals surface area contributed by atoms with Crippen molar-refractivity contribution in [3.05, 3.63) is 0 Å². The molecule has 0 radical (unpaired) electrons. The highest BCUT2D eigenvalue weighted by atomic mass is 16.4. The Bertz CT molecular complexity index is 332. The molecule has 1 heterocycles. The third-order valence-electron chi connectivity index (χ3n) is 4.06. The number of nitrogens with one attached hydrogen (secondary N) is 1. The Labute approximate surface area is 108 Å². The standard InChI is InChI=1S/C13H22N2O3/c1-9-5-11(9)7-14-13(18)15-4-2-3-10(8-15)6-12(16)17/h9-11H,2-8H2,1H3,(H,14,18)(H,16,17). The van der Waals surface area contributed by atoms with Crippen molar-refractivity contribution in [2.75, 3.05) is 19.6 Å². The molecule has 2 N–H and O–H groups in total. The van der Waals surface area contributed by atoms with Gasteiger partial charge in [0.1, 0.15) is 0 Å². The normalized spacial score (nSPS) is 30.9. The molecule has 0 aromatic carbocycles. The molecule has 2 amide bonds. The summed E-state index contributed by atoms with van der Waals surface area (Å²) in [6.45, 7) is 4.29. The molecule has 1 saturated carbocycles. The second-order valence-electron chi connectivity index (χ2n) is 5.71. The van der Waals surface area contributed by atoms with E-state index in [0.29, 0.717) is 12.5 Å². The van der Waals surface area contributed by atoms with E-state index >= 15 is 0 Å². The van der Waals surface area contributed by atoms with E-state index in [1.807, 2.05) is 0 Å². The van der Waals surface area contributed by atoms with Gasteiger partial charge in [-0.1, -0.05) is 6.92 Å². The molecule has 0 spiro atoms. The van der Waals surface area contributed by atoms with Gasteiger partial charge in [-0.25, -0.2) is 4.79 Å². The second-order valence-corrected chi connectivity index (χ2v) is 5.71. The maximum Gasteiger partial charge on any atom is 0.317 e. The zero-order valence-electron chi connectivity index (χ0n) is 10.9.